The lowest BCUT2D eigenvalue weighted by Crippen LogP contribution is -2.25. The minimum atomic E-state index is -0.661. The van der Waals surface area contributed by atoms with Crippen LogP contribution in [0.2, 0.25) is 0 Å². The van der Waals surface area contributed by atoms with Crippen molar-refractivity contribution in [2.75, 3.05) is 12.4 Å². The number of nitrogens with two attached hydrogens (primary N) is 1. The highest BCUT2D eigenvalue weighted by Gasteiger charge is 2.21. The summed E-state index contributed by atoms with van der Waals surface area (Å²) in [6.45, 7) is 3.86. The Hall–Kier alpha value is -0.0700. The van der Waals surface area contributed by atoms with Gasteiger partial charge in [0, 0.05) is 16.7 Å². The number of aliphatic hydroxyl groups excluding tert-OH is 2. The molecule has 0 saturated carbocycles. The molecule has 5 heteroatoms. The Morgan fingerprint density at radius 3 is 2.69 bits per heavy atom. The summed E-state index contributed by atoms with van der Waals surface area (Å²) in [7, 11) is 0. The zero-order valence-corrected chi connectivity index (χ0v) is 11.2. The van der Waals surface area contributed by atoms with Crippen LogP contribution >= 0.6 is 23.1 Å². The van der Waals surface area contributed by atoms with Crippen LogP contribution in [0, 0.1) is 6.92 Å². The summed E-state index contributed by atoms with van der Waals surface area (Å²) < 4.78 is 0. The van der Waals surface area contributed by atoms with Crippen molar-refractivity contribution in [2.45, 2.75) is 31.2 Å². The van der Waals surface area contributed by atoms with Gasteiger partial charge in [-0.2, -0.15) is 0 Å². The largest absolute Gasteiger partial charge is 0.394 e. The predicted molar refractivity (Wildman–Crippen MR) is 71.0 cm³/mol. The maximum Gasteiger partial charge on any atom is 0.0861 e. The van der Waals surface area contributed by atoms with Gasteiger partial charge in [-0.3, -0.25) is 0 Å². The van der Waals surface area contributed by atoms with Crippen LogP contribution < -0.4 is 5.73 Å². The van der Waals surface area contributed by atoms with E-state index in [1.165, 1.54) is 10.4 Å². The molecule has 1 rings (SSSR count). The van der Waals surface area contributed by atoms with Crippen molar-refractivity contribution in [2.24, 2.45) is 5.73 Å². The van der Waals surface area contributed by atoms with E-state index in [0.29, 0.717) is 5.75 Å². The first kappa shape index (κ1) is 14.0. The Balaban J connectivity index is 2.66. The molecule has 92 valence electrons. The second kappa shape index (κ2) is 6.61. The summed E-state index contributed by atoms with van der Waals surface area (Å²) in [5.74, 6) is 0.514. The van der Waals surface area contributed by atoms with Crippen LogP contribution in [-0.2, 0) is 0 Å². The third kappa shape index (κ3) is 3.75. The van der Waals surface area contributed by atoms with E-state index in [2.05, 4.69) is 18.4 Å². The molecule has 0 saturated heterocycles. The lowest BCUT2D eigenvalue weighted by molar-refractivity contribution is 0.113. The molecule has 3 unspecified atom stereocenters. The van der Waals surface area contributed by atoms with E-state index in [1.54, 1.807) is 23.1 Å². The van der Waals surface area contributed by atoms with Gasteiger partial charge in [0.2, 0.25) is 0 Å². The molecule has 0 fully saturated rings. The summed E-state index contributed by atoms with van der Waals surface area (Å²) in [4.78, 5) is 1.27. The normalized spacial score (nSPS) is 17.1. The van der Waals surface area contributed by atoms with Crippen LogP contribution in [0.3, 0.4) is 0 Å². The first-order valence-corrected chi connectivity index (χ1v) is 7.19. The summed E-state index contributed by atoms with van der Waals surface area (Å²) in [6, 6.07) is 2.12. The van der Waals surface area contributed by atoms with Crippen LogP contribution in [0.15, 0.2) is 11.4 Å². The SMILES string of the molecule is Cc1ccsc1C(SCC(O)CO)C(C)N. The molecule has 0 aliphatic rings. The van der Waals surface area contributed by atoms with Gasteiger partial charge in [0.25, 0.3) is 0 Å². The molecule has 0 radical (unpaired) electrons. The summed E-state index contributed by atoms with van der Waals surface area (Å²) in [5.41, 5.74) is 7.21. The average Bonchev–Trinajstić information content (AvgIpc) is 2.64. The van der Waals surface area contributed by atoms with Crippen LogP contribution in [-0.4, -0.2) is 34.7 Å². The van der Waals surface area contributed by atoms with Crippen molar-refractivity contribution >= 4 is 23.1 Å². The van der Waals surface area contributed by atoms with E-state index >= 15 is 0 Å². The van der Waals surface area contributed by atoms with E-state index < -0.39 is 6.10 Å². The van der Waals surface area contributed by atoms with Gasteiger partial charge < -0.3 is 15.9 Å². The van der Waals surface area contributed by atoms with Gasteiger partial charge >= 0.3 is 0 Å². The van der Waals surface area contributed by atoms with Crippen molar-refractivity contribution in [1.82, 2.24) is 0 Å². The lowest BCUT2D eigenvalue weighted by atomic mass is 10.1. The first-order chi connectivity index (χ1) is 7.56. The fourth-order valence-electron chi connectivity index (χ4n) is 1.41. The second-order valence-electron chi connectivity index (χ2n) is 3.92. The zero-order valence-electron chi connectivity index (χ0n) is 9.59. The Kier molecular flexibility index (Phi) is 5.78. The minimum absolute atomic E-state index is 0.0354. The Morgan fingerprint density at radius 1 is 1.56 bits per heavy atom. The van der Waals surface area contributed by atoms with E-state index in [4.69, 9.17) is 10.8 Å². The fourth-order valence-corrected chi connectivity index (χ4v) is 3.98. The molecule has 0 aromatic carbocycles. The van der Waals surface area contributed by atoms with E-state index in [-0.39, 0.29) is 17.9 Å². The number of aliphatic hydroxyl groups is 2. The van der Waals surface area contributed by atoms with Gasteiger partial charge in [0.05, 0.1) is 18.0 Å². The standard InChI is InChI=1S/C11H19NO2S2/c1-7-3-4-15-10(7)11(8(2)12)16-6-9(14)5-13/h3-4,8-9,11,13-14H,5-6,12H2,1-2H3. The molecule has 0 spiro atoms. The Morgan fingerprint density at radius 2 is 2.25 bits per heavy atom. The summed E-state index contributed by atoms with van der Waals surface area (Å²) in [5, 5.41) is 20.4. The fraction of sp³-hybridized carbons (Fsp3) is 0.636. The Labute approximate surface area is 105 Å². The lowest BCUT2D eigenvalue weighted by Gasteiger charge is -2.21. The van der Waals surface area contributed by atoms with Crippen LogP contribution in [0.25, 0.3) is 0 Å². The predicted octanol–water partition coefficient (Wildman–Crippen LogP) is 1.53. The maximum atomic E-state index is 9.35. The number of thiophene rings is 1. The van der Waals surface area contributed by atoms with Crippen LogP contribution in [0.5, 0.6) is 0 Å². The molecule has 1 aromatic rings. The van der Waals surface area contributed by atoms with E-state index in [9.17, 15) is 5.11 Å². The minimum Gasteiger partial charge on any atom is -0.394 e. The highest BCUT2D eigenvalue weighted by molar-refractivity contribution is 7.99. The number of aryl methyl sites for hydroxylation is 1. The van der Waals surface area contributed by atoms with Crippen LogP contribution in [0.1, 0.15) is 22.6 Å². The van der Waals surface area contributed by atoms with Crippen molar-refractivity contribution in [3.05, 3.63) is 21.9 Å². The summed E-state index contributed by atoms with van der Waals surface area (Å²) in [6.07, 6.45) is -0.661. The average molecular weight is 261 g/mol. The topological polar surface area (TPSA) is 66.5 Å². The molecule has 0 amide bonds. The second-order valence-corrected chi connectivity index (χ2v) is 6.04. The zero-order chi connectivity index (χ0) is 12.1. The smallest absolute Gasteiger partial charge is 0.0861 e. The molecule has 16 heavy (non-hydrogen) atoms. The van der Waals surface area contributed by atoms with Crippen molar-refractivity contribution in [3.8, 4) is 0 Å². The third-order valence-electron chi connectivity index (χ3n) is 2.32. The van der Waals surface area contributed by atoms with Gasteiger partial charge in [-0.15, -0.1) is 23.1 Å². The molecular weight excluding hydrogens is 242 g/mol. The third-order valence-corrected chi connectivity index (χ3v) is 5.17. The quantitative estimate of drug-likeness (QED) is 0.726. The Bertz CT molecular complexity index is 315. The molecule has 0 aliphatic carbocycles. The molecule has 0 aliphatic heterocycles. The highest BCUT2D eigenvalue weighted by atomic mass is 32.2. The molecule has 0 bridgehead atoms. The van der Waals surface area contributed by atoms with Crippen molar-refractivity contribution in [1.29, 1.82) is 0 Å². The number of hydrogen-bond acceptors (Lipinski definition) is 5. The van der Waals surface area contributed by atoms with Gasteiger partial charge in [-0.1, -0.05) is 0 Å². The van der Waals surface area contributed by atoms with Gasteiger partial charge in [0.1, 0.15) is 0 Å². The highest BCUT2D eigenvalue weighted by Crippen LogP contribution is 2.36. The molecule has 4 N–H and O–H groups in total. The maximum absolute atomic E-state index is 9.35. The van der Waals surface area contributed by atoms with Crippen LogP contribution in [0.4, 0.5) is 0 Å². The molecule has 3 atom stereocenters. The van der Waals surface area contributed by atoms with Crippen molar-refractivity contribution in [3.63, 3.8) is 0 Å². The number of rotatable bonds is 6. The molecular formula is C11H19NO2S2. The van der Waals surface area contributed by atoms with Gasteiger partial charge in [-0.25, -0.2) is 0 Å². The van der Waals surface area contributed by atoms with E-state index in [0.717, 1.165) is 0 Å². The number of hydrogen-bond donors (Lipinski definition) is 3. The summed E-state index contributed by atoms with van der Waals surface area (Å²) >= 11 is 3.31. The van der Waals surface area contributed by atoms with E-state index in [1.807, 2.05) is 6.92 Å². The van der Waals surface area contributed by atoms with Crippen molar-refractivity contribution < 1.29 is 10.2 Å². The molecule has 1 aromatic heterocycles. The first-order valence-electron chi connectivity index (χ1n) is 5.26. The van der Waals surface area contributed by atoms with Gasteiger partial charge in [0.15, 0.2) is 0 Å². The van der Waals surface area contributed by atoms with Gasteiger partial charge in [-0.05, 0) is 30.9 Å². The molecule has 1 heterocycles. The number of thioether (sulfide) groups is 1. The molecule has 3 nitrogen and oxygen atoms in total. The monoisotopic (exact) mass is 261 g/mol.